The van der Waals surface area contributed by atoms with Gasteiger partial charge in [-0.05, 0) is 24.0 Å². The van der Waals surface area contributed by atoms with Crippen molar-refractivity contribution >= 4 is 17.5 Å². The summed E-state index contributed by atoms with van der Waals surface area (Å²) >= 11 is 5.69. The van der Waals surface area contributed by atoms with E-state index in [0.29, 0.717) is 5.88 Å². The average molecular weight is 226 g/mol. The van der Waals surface area contributed by atoms with Crippen LogP contribution in [0.1, 0.15) is 24.5 Å². The van der Waals surface area contributed by atoms with E-state index in [0.717, 1.165) is 24.9 Å². The standard InChI is InChI=1S/C12H16ClNO/c1-10(15)14-8-2-3-11-4-6-12(9-13)7-5-11/h4-7H,2-3,8-9H2,1H3,(H,14,15). The minimum absolute atomic E-state index is 0.0347. The van der Waals surface area contributed by atoms with E-state index in [1.165, 1.54) is 12.5 Å². The van der Waals surface area contributed by atoms with Gasteiger partial charge in [0.1, 0.15) is 0 Å². The van der Waals surface area contributed by atoms with Crippen molar-refractivity contribution in [1.82, 2.24) is 5.32 Å². The van der Waals surface area contributed by atoms with Gasteiger partial charge >= 0.3 is 0 Å². The summed E-state index contributed by atoms with van der Waals surface area (Å²) in [6.45, 7) is 2.28. The summed E-state index contributed by atoms with van der Waals surface area (Å²) in [5.41, 5.74) is 2.43. The molecule has 0 aliphatic rings. The van der Waals surface area contributed by atoms with Crippen molar-refractivity contribution in [1.29, 1.82) is 0 Å². The molecule has 15 heavy (non-hydrogen) atoms. The number of hydrogen-bond donors (Lipinski definition) is 1. The largest absolute Gasteiger partial charge is 0.356 e. The Morgan fingerprint density at radius 2 is 1.87 bits per heavy atom. The third-order valence-electron chi connectivity index (χ3n) is 2.19. The summed E-state index contributed by atoms with van der Waals surface area (Å²) in [5.74, 6) is 0.596. The number of alkyl halides is 1. The Labute approximate surface area is 95.6 Å². The van der Waals surface area contributed by atoms with Crippen molar-refractivity contribution in [3.05, 3.63) is 35.4 Å². The summed E-state index contributed by atoms with van der Waals surface area (Å²) in [5, 5.41) is 2.78. The monoisotopic (exact) mass is 225 g/mol. The third-order valence-corrected chi connectivity index (χ3v) is 2.50. The number of halogens is 1. The molecule has 0 unspecified atom stereocenters. The summed E-state index contributed by atoms with van der Waals surface area (Å²) in [7, 11) is 0. The SMILES string of the molecule is CC(=O)NCCCc1ccc(CCl)cc1. The van der Waals surface area contributed by atoms with Gasteiger partial charge in [0.15, 0.2) is 0 Å². The summed E-state index contributed by atoms with van der Waals surface area (Å²) in [6.07, 6.45) is 1.96. The van der Waals surface area contributed by atoms with Crippen LogP contribution in [0, 0.1) is 0 Å². The Bertz CT molecular complexity index is 308. The zero-order valence-corrected chi connectivity index (χ0v) is 9.68. The number of carbonyl (C=O) groups excluding carboxylic acids is 1. The molecule has 1 aromatic rings. The molecule has 0 aliphatic carbocycles. The molecular formula is C12H16ClNO. The fourth-order valence-corrected chi connectivity index (χ4v) is 1.53. The van der Waals surface area contributed by atoms with Gasteiger partial charge in [-0.25, -0.2) is 0 Å². The number of benzene rings is 1. The van der Waals surface area contributed by atoms with E-state index < -0.39 is 0 Å². The molecule has 82 valence electrons. The molecule has 1 aromatic carbocycles. The predicted octanol–water partition coefficient (Wildman–Crippen LogP) is 2.49. The first kappa shape index (κ1) is 12.1. The molecule has 0 radical (unpaired) electrons. The number of amides is 1. The zero-order chi connectivity index (χ0) is 11.1. The van der Waals surface area contributed by atoms with Crippen LogP contribution in [-0.4, -0.2) is 12.5 Å². The van der Waals surface area contributed by atoms with Crippen molar-refractivity contribution in [2.75, 3.05) is 6.54 Å². The van der Waals surface area contributed by atoms with E-state index in [-0.39, 0.29) is 5.91 Å². The Balaban J connectivity index is 2.28. The Hall–Kier alpha value is -1.02. The lowest BCUT2D eigenvalue weighted by atomic mass is 10.1. The number of carbonyl (C=O) groups is 1. The van der Waals surface area contributed by atoms with Crippen LogP contribution in [0.3, 0.4) is 0 Å². The van der Waals surface area contributed by atoms with Crippen LogP contribution < -0.4 is 5.32 Å². The van der Waals surface area contributed by atoms with Gasteiger partial charge in [-0.15, -0.1) is 11.6 Å². The molecule has 2 nitrogen and oxygen atoms in total. The van der Waals surface area contributed by atoms with Crippen molar-refractivity contribution in [3.63, 3.8) is 0 Å². The lowest BCUT2D eigenvalue weighted by Crippen LogP contribution is -2.21. The summed E-state index contributed by atoms with van der Waals surface area (Å²) in [6, 6.07) is 8.26. The first-order valence-electron chi connectivity index (χ1n) is 5.10. The maximum Gasteiger partial charge on any atom is 0.216 e. The lowest BCUT2D eigenvalue weighted by Gasteiger charge is -2.03. The predicted molar refractivity (Wildman–Crippen MR) is 63.0 cm³/mol. The normalized spacial score (nSPS) is 10.0. The average Bonchev–Trinajstić information content (AvgIpc) is 2.25. The minimum atomic E-state index is 0.0347. The summed E-state index contributed by atoms with van der Waals surface area (Å²) in [4.78, 5) is 10.6. The molecule has 1 N–H and O–H groups in total. The van der Waals surface area contributed by atoms with Crippen molar-refractivity contribution in [2.24, 2.45) is 0 Å². The first-order chi connectivity index (χ1) is 7.22. The molecule has 0 bridgehead atoms. The zero-order valence-electron chi connectivity index (χ0n) is 8.92. The molecule has 1 amide bonds. The Morgan fingerprint density at radius 3 is 2.40 bits per heavy atom. The second-order valence-electron chi connectivity index (χ2n) is 3.54. The highest BCUT2D eigenvalue weighted by Crippen LogP contribution is 2.08. The van der Waals surface area contributed by atoms with Gasteiger partial charge in [-0.3, -0.25) is 4.79 Å². The Morgan fingerprint density at radius 1 is 1.27 bits per heavy atom. The van der Waals surface area contributed by atoms with Crippen LogP contribution in [0.25, 0.3) is 0 Å². The highest BCUT2D eigenvalue weighted by Gasteiger charge is 1.95. The topological polar surface area (TPSA) is 29.1 Å². The second kappa shape index (κ2) is 6.46. The van der Waals surface area contributed by atoms with E-state index in [4.69, 9.17) is 11.6 Å². The fraction of sp³-hybridized carbons (Fsp3) is 0.417. The van der Waals surface area contributed by atoms with E-state index in [2.05, 4.69) is 17.4 Å². The molecule has 0 spiro atoms. The van der Waals surface area contributed by atoms with Crippen LogP contribution in [-0.2, 0) is 17.1 Å². The Kier molecular flexibility index (Phi) is 5.19. The molecule has 0 heterocycles. The van der Waals surface area contributed by atoms with Crippen LogP contribution in [0.15, 0.2) is 24.3 Å². The van der Waals surface area contributed by atoms with Gasteiger partial charge < -0.3 is 5.32 Å². The van der Waals surface area contributed by atoms with Crippen molar-refractivity contribution < 1.29 is 4.79 Å². The number of rotatable bonds is 5. The number of aryl methyl sites for hydroxylation is 1. The molecule has 0 fully saturated rings. The molecule has 1 rings (SSSR count). The maximum absolute atomic E-state index is 10.6. The van der Waals surface area contributed by atoms with Gasteiger partial charge in [0.2, 0.25) is 5.91 Å². The molecule has 0 saturated carbocycles. The number of hydrogen-bond acceptors (Lipinski definition) is 1. The van der Waals surface area contributed by atoms with Crippen molar-refractivity contribution in [3.8, 4) is 0 Å². The molecular weight excluding hydrogens is 210 g/mol. The highest BCUT2D eigenvalue weighted by atomic mass is 35.5. The van der Waals surface area contributed by atoms with Gasteiger partial charge in [-0.1, -0.05) is 24.3 Å². The maximum atomic E-state index is 10.6. The van der Waals surface area contributed by atoms with Crippen LogP contribution >= 0.6 is 11.6 Å². The highest BCUT2D eigenvalue weighted by molar-refractivity contribution is 6.17. The van der Waals surface area contributed by atoms with E-state index >= 15 is 0 Å². The fourth-order valence-electron chi connectivity index (χ4n) is 1.35. The second-order valence-corrected chi connectivity index (χ2v) is 3.80. The van der Waals surface area contributed by atoms with Gasteiger partial charge in [0.25, 0.3) is 0 Å². The number of nitrogens with one attached hydrogen (secondary N) is 1. The molecule has 0 aromatic heterocycles. The van der Waals surface area contributed by atoms with Gasteiger partial charge in [0, 0.05) is 19.3 Å². The van der Waals surface area contributed by atoms with Gasteiger partial charge in [-0.2, -0.15) is 0 Å². The van der Waals surface area contributed by atoms with E-state index in [1.54, 1.807) is 0 Å². The van der Waals surface area contributed by atoms with Crippen LogP contribution in [0.2, 0.25) is 0 Å². The smallest absolute Gasteiger partial charge is 0.216 e. The molecule has 3 heteroatoms. The lowest BCUT2D eigenvalue weighted by molar-refractivity contribution is -0.118. The van der Waals surface area contributed by atoms with E-state index in [1.807, 2.05) is 12.1 Å². The molecule has 0 aliphatic heterocycles. The minimum Gasteiger partial charge on any atom is -0.356 e. The molecule has 0 saturated heterocycles. The quantitative estimate of drug-likeness (QED) is 0.606. The first-order valence-corrected chi connectivity index (χ1v) is 5.64. The summed E-state index contributed by atoms with van der Waals surface area (Å²) < 4.78 is 0. The molecule has 0 atom stereocenters. The van der Waals surface area contributed by atoms with Crippen LogP contribution in [0.5, 0.6) is 0 Å². The van der Waals surface area contributed by atoms with Crippen LogP contribution in [0.4, 0.5) is 0 Å². The van der Waals surface area contributed by atoms with Crippen molar-refractivity contribution in [2.45, 2.75) is 25.6 Å². The van der Waals surface area contributed by atoms with Gasteiger partial charge in [0.05, 0.1) is 0 Å². The van der Waals surface area contributed by atoms with E-state index in [9.17, 15) is 4.79 Å². The third kappa shape index (κ3) is 4.84.